The van der Waals surface area contributed by atoms with Crippen molar-refractivity contribution in [1.82, 2.24) is 20.1 Å². The van der Waals surface area contributed by atoms with Gasteiger partial charge in [-0.15, -0.1) is 0 Å². The first kappa shape index (κ1) is 18.0. The van der Waals surface area contributed by atoms with Gasteiger partial charge >= 0.3 is 0 Å². The lowest BCUT2D eigenvalue weighted by Crippen LogP contribution is -2.53. The van der Waals surface area contributed by atoms with Gasteiger partial charge in [0.05, 0.1) is 0 Å². The molecule has 6 nitrogen and oxygen atoms in total. The molecular weight excluding hydrogens is 312 g/mol. The van der Waals surface area contributed by atoms with E-state index in [9.17, 15) is 0 Å². The number of piperazine rings is 1. The summed E-state index contributed by atoms with van der Waals surface area (Å²) in [6, 6.07) is 6.10. The van der Waals surface area contributed by atoms with Crippen molar-refractivity contribution in [3.05, 3.63) is 24.4 Å². The molecule has 1 aromatic rings. The fourth-order valence-electron chi connectivity index (χ4n) is 3.84. The molecule has 0 aliphatic carbocycles. The maximum atomic E-state index is 4.49. The molecule has 25 heavy (non-hydrogen) atoms. The van der Waals surface area contributed by atoms with Crippen LogP contribution in [0.4, 0.5) is 5.82 Å². The molecular formula is C19H32N6. The monoisotopic (exact) mass is 344 g/mol. The zero-order valence-electron chi connectivity index (χ0n) is 15.7. The predicted octanol–water partition coefficient (Wildman–Crippen LogP) is 1.51. The van der Waals surface area contributed by atoms with Crippen LogP contribution >= 0.6 is 0 Å². The van der Waals surface area contributed by atoms with Gasteiger partial charge in [-0.25, -0.2) is 4.98 Å². The molecule has 2 aliphatic heterocycles. The second-order valence-electron chi connectivity index (χ2n) is 7.18. The number of pyridine rings is 1. The SMILES string of the molecule is CN=C(NCCN1CCCC(C)C1)N1CCN(c2ccccn2)CC1. The van der Waals surface area contributed by atoms with E-state index in [1.54, 1.807) is 0 Å². The summed E-state index contributed by atoms with van der Waals surface area (Å²) in [4.78, 5) is 16.2. The Morgan fingerprint density at radius 2 is 2.08 bits per heavy atom. The molecule has 0 radical (unpaired) electrons. The molecule has 1 unspecified atom stereocenters. The van der Waals surface area contributed by atoms with E-state index in [0.29, 0.717) is 0 Å². The summed E-state index contributed by atoms with van der Waals surface area (Å²) in [6.45, 7) is 10.9. The predicted molar refractivity (Wildman–Crippen MR) is 104 cm³/mol. The molecule has 2 aliphatic rings. The maximum Gasteiger partial charge on any atom is 0.193 e. The Kier molecular flexibility index (Phi) is 6.50. The molecule has 6 heteroatoms. The minimum absolute atomic E-state index is 0.840. The number of hydrogen-bond donors (Lipinski definition) is 1. The molecule has 2 fully saturated rings. The van der Waals surface area contributed by atoms with Crippen molar-refractivity contribution in [3.8, 4) is 0 Å². The van der Waals surface area contributed by atoms with Gasteiger partial charge in [-0.05, 0) is 37.4 Å². The molecule has 1 aromatic heterocycles. The van der Waals surface area contributed by atoms with E-state index in [1.807, 2.05) is 19.3 Å². The van der Waals surface area contributed by atoms with E-state index in [0.717, 1.165) is 57.0 Å². The zero-order valence-corrected chi connectivity index (χ0v) is 15.7. The molecule has 1 atom stereocenters. The summed E-state index contributed by atoms with van der Waals surface area (Å²) in [5, 5.41) is 3.56. The van der Waals surface area contributed by atoms with Gasteiger partial charge in [-0.3, -0.25) is 4.99 Å². The highest BCUT2D eigenvalue weighted by Crippen LogP contribution is 2.15. The number of nitrogens with zero attached hydrogens (tertiary/aromatic N) is 5. The first-order chi connectivity index (χ1) is 12.3. The van der Waals surface area contributed by atoms with Crippen LogP contribution in [-0.4, -0.2) is 80.1 Å². The number of aromatic nitrogens is 1. The fourth-order valence-corrected chi connectivity index (χ4v) is 3.84. The zero-order chi connectivity index (χ0) is 17.5. The van der Waals surface area contributed by atoms with Crippen molar-refractivity contribution in [1.29, 1.82) is 0 Å². The lowest BCUT2D eigenvalue weighted by Gasteiger charge is -2.37. The number of nitrogens with one attached hydrogen (secondary N) is 1. The molecule has 0 bridgehead atoms. The first-order valence-corrected chi connectivity index (χ1v) is 9.60. The van der Waals surface area contributed by atoms with Gasteiger partial charge in [0.1, 0.15) is 5.82 Å². The van der Waals surface area contributed by atoms with E-state index in [2.05, 4.69) is 49.0 Å². The van der Waals surface area contributed by atoms with Gasteiger partial charge in [0.2, 0.25) is 0 Å². The standard InChI is InChI=1S/C19H32N6/c1-17-6-5-10-23(16-17)11-9-22-19(20-2)25-14-12-24(13-15-25)18-7-3-4-8-21-18/h3-4,7-8,17H,5-6,9-16H2,1-2H3,(H,20,22). The third-order valence-electron chi connectivity index (χ3n) is 5.22. The summed E-state index contributed by atoms with van der Waals surface area (Å²) in [7, 11) is 1.89. The third kappa shape index (κ3) is 5.08. The van der Waals surface area contributed by atoms with E-state index < -0.39 is 0 Å². The molecule has 0 saturated carbocycles. The van der Waals surface area contributed by atoms with Crippen LogP contribution in [0.25, 0.3) is 0 Å². The van der Waals surface area contributed by atoms with E-state index in [4.69, 9.17) is 0 Å². The average molecular weight is 345 g/mol. The molecule has 3 rings (SSSR count). The minimum atomic E-state index is 0.840. The summed E-state index contributed by atoms with van der Waals surface area (Å²) >= 11 is 0. The van der Waals surface area contributed by atoms with E-state index >= 15 is 0 Å². The molecule has 0 aromatic carbocycles. The molecule has 1 N–H and O–H groups in total. The highest BCUT2D eigenvalue weighted by Gasteiger charge is 2.21. The second-order valence-corrected chi connectivity index (χ2v) is 7.18. The van der Waals surface area contributed by atoms with Crippen LogP contribution in [0, 0.1) is 5.92 Å². The molecule has 0 amide bonds. The Morgan fingerprint density at radius 1 is 1.24 bits per heavy atom. The van der Waals surface area contributed by atoms with Crippen LogP contribution in [0.5, 0.6) is 0 Å². The lowest BCUT2D eigenvalue weighted by atomic mass is 10.0. The van der Waals surface area contributed by atoms with Crippen LogP contribution < -0.4 is 10.2 Å². The van der Waals surface area contributed by atoms with Gasteiger partial charge in [0, 0.05) is 59.1 Å². The summed E-state index contributed by atoms with van der Waals surface area (Å²) < 4.78 is 0. The van der Waals surface area contributed by atoms with Crippen molar-refractivity contribution < 1.29 is 0 Å². The van der Waals surface area contributed by atoms with E-state index in [1.165, 1.54) is 25.9 Å². The molecule has 2 saturated heterocycles. The van der Waals surface area contributed by atoms with Crippen molar-refractivity contribution in [2.24, 2.45) is 10.9 Å². The molecule has 138 valence electrons. The van der Waals surface area contributed by atoms with Gasteiger partial charge in [0.25, 0.3) is 0 Å². The number of rotatable bonds is 4. The third-order valence-corrected chi connectivity index (χ3v) is 5.22. The smallest absolute Gasteiger partial charge is 0.193 e. The number of aliphatic imine (C=N–C) groups is 1. The van der Waals surface area contributed by atoms with Gasteiger partial charge in [0.15, 0.2) is 5.96 Å². The Hall–Kier alpha value is -1.82. The number of anilines is 1. The Balaban J connectivity index is 1.42. The summed E-state index contributed by atoms with van der Waals surface area (Å²) in [6.07, 6.45) is 4.58. The topological polar surface area (TPSA) is 47.0 Å². The minimum Gasteiger partial charge on any atom is -0.355 e. The van der Waals surface area contributed by atoms with Crippen molar-refractivity contribution in [3.63, 3.8) is 0 Å². The largest absolute Gasteiger partial charge is 0.355 e. The second kappa shape index (κ2) is 9.04. The van der Waals surface area contributed by atoms with Crippen molar-refractivity contribution >= 4 is 11.8 Å². The van der Waals surface area contributed by atoms with Crippen LogP contribution in [0.2, 0.25) is 0 Å². The number of likely N-dealkylation sites (tertiary alicyclic amines) is 1. The lowest BCUT2D eigenvalue weighted by molar-refractivity contribution is 0.186. The van der Waals surface area contributed by atoms with Gasteiger partial charge in [-0.1, -0.05) is 13.0 Å². The number of guanidine groups is 1. The Morgan fingerprint density at radius 3 is 2.76 bits per heavy atom. The van der Waals surface area contributed by atoms with Crippen LogP contribution in [0.1, 0.15) is 19.8 Å². The first-order valence-electron chi connectivity index (χ1n) is 9.60. The van der Waals surface area contributed by atoms with Crippen molar-refractivity contribution in [2.45, 2.75) is 19.8 Å². The molecule has 0 spiro atoms. The van der Waals surface area contributed by atoms with Gasteiger partial charge < -0.3 is 20.0 Å². The molecule has 3 heterocycles. The highest BCUT2D eigenvalue weighted by atomic mass is 15.4. The average Bonchev–Trinajstić information content (AvgIpc) is 2.66. The summed E-state index contributed by atoms with van der Waals surface area (Å²) in [5.41, 5.74) is 0. The normalized spacial score (nSPS) is 23.0. The van der Waals surface area contributed by atoms with Crippen molar-refractivity contribution in [2.75, 3.05) is 64.3 Å². The van der Waals surface area contributed by atoms with Gasteiger partial charge in [-0.2, -0.15) is 0 Å². The van der Waals surface area contributed by atoms with Crippen LogP contribution in [0.3, 0.4) is 0 Å². The van der Waals surface area contributed by atoms with Crippen LogP contribution in [-0.2, 0) is 0 Å². The fraction of sp³-hybridized carbons (Fsp3) is 0.684. The number of hydrogen-bond acceptors (Lipinski definition) is 4. The number of piperidine rings is 1. The quantitative estimate of drug-likeness (QED) is 0.663. The van der Waals surface area contributed by atoms with E-state index in [-0.39, 0.29) is 0 Å². The Labute approximate surface area is 151 Å². The highest BCUT2D eigenvalue weighted by molar-refractivity contribution is 5.80. The summed E-state index contributed by atoms with van der Waals surface area (Å²) in [5.74, 6) is 2.95. The maximum absolute atomic E-state index is 4.49. The Bertz CT molecular complexity index is 538. The van der Waals surface area contributed by atoms with Crippen LogP contribution in [0.15, 0.2) is 29.4 Å².